The Morgan fingerprint density at radius 3 is 2.69 bits per heavy atom. The molecule has 0 radical (unpaired) electrons. The first-order valence-electron chi connectivity index (χ1n) is 9.71. The van der Waals surface area contributed by atoms with Crippen molar-refractivity contribution >= 4 is 45.5 Å². The average molecular weight is 569 g/mol. The summed E-state index contributed by atoms with van der Waals surface area (Å²) in [7, 11) is 1.55. The highest BCUT2D eigenvalue weighted by atomic mass is 127. The maximum absolute atomic E-state index is 13.3. The highest BCUT2D eigenvalue weighted by molar-refractivity contribution is 14.1. The summed E-state index contributed by atoms with van der Waals surface area (Å²) in [5.74, 6) is 1.07. The third kappa shape index (κ3) is 4.29. The number of rotatable bonds is 8. The van der Waals surface area contributed by atoms with Crippen LogP contribution in [0.2, 0.25) is 0 Å². The number of benzene rings is 1. The van der Waals surface area contributed by atoms with Crippen LogP contribution in [0.1, 0.15) is 16.3 Å². The third-order valence-corrected chi connectivity index (χ3v) is 6.21. The van der Waals surface area contributed by atoms with E-state index in [0.717, 1.165) is 14.5 Å². The molecule has 0 atom stereocenters. The second-order valence-corrected chi connectivity index (χ2v) is 8.81. The maximum atomic E-state index is 13.3. The molecule has 1 N–H and O–H groups in total. The number of nitrogens with zero attached hydrogens (tertiary/aromatic N) is 5. The third-order valence-electron chi connectivity index (χ3n) is 4.80. The summed E-state index contributed by atoms with van der Waals surface area (Å²) in [6.45, 7) is 2.17. The van der Waals surface area contributed by atoms with E-state index in [4.69, 9.17) is 7.80 Å². The van der Waals surface area contributed by atoms with Crippen LogP contribution in [0.15, 0.2) is 40.1 Å². The molecule has 0 bridgehead atoms. The van der Waals surface area contributed by atoms with E-state index in [1.54, 1.807) is 65.1 Å². The van der Waals surface area contributed by atoms with Crippen molar-refractivity contribution in [3.63, 3.8) is 0 Å². The first kappa shape index (κ1) is 22.5. The van der Waals surface area contributed by atoms with E-state index in [2.05, 4.69) is 9.97 Å². The van der Waals surface area contributed by atoms with Gasteiger partial charge in [0.1, 0.15) is 16.5 Å². The Kier molecular flexibility index (Phi) is 6.62. The molecule has 0 saturated heterocycles. The lowest BCUT2D eigenvalue weighted by atomic mass is 10.3. The standard InChI is InChI=1S/C20H20IN5O5S/c1-12-10-22-15(32-12)11-26-16-17(24(2)20(29)25(18(16)28)7-4-8-27)23-19(26)30-13-5-3-6-14(9-13)31-21/h3,5-6,9-10,27H,4,7-8,11H2,1-2H3. The van der Waals surface area contributed by atoms with Gasteiger partial charge in [-0.05, 0) is 25.5 Å². The van der Waals surface area contributed by atoms with Crippen LogP contribution in [0, 0.1) is 6.92 Å². The molecule has 12 heteroatoms. The van der Waals surface area contributed by atoms with Crippen LogP contribution >= 0.6 is 34.3 Å². The molecule has 0 saturated carbocycles. The lowest BCUT2D eigenvalue weighted by Crippen LogP contribution is -2.39. The van der Waals surface area contributed by atoms with Gasteiger partial charge in [0, 0.05) is 37.3 Å². The van der Waals surface area contributed by atoms with Crippen LogP contribution in [0.3, 0.4) is 0 Å². The van der Waals surface area contributed by atoms with Gasteiger partial charge in [0.2, 0.25) is 0 Å². The Labute approximate surface area is 200 Å². The van der Waals surface area contributed by atoms with Crippen molar-refractivity contribution in [1.29, 1.82) is 0 Å². The summed E-state index contributed by atoms with van der Waals surface area (Å²) in [6, 6.07) is 7.16. The number of hydrogen-bond acceptors (Lipinski definition) is 8. The lowest BCUT2D eigenvalue weighted by molar-refractivity contribution is 0.277. The molecule has 168 valence electrons. The van der Waals surface area contributed by atoms with Gasteiger partial charge in [-0.25, -0.2) is 9.78 Å². The number of aryl methyl sites for hydroxylation is 2. The van der Waals surface area contributed by atoms with E-state index in [1.165, 1.54) is 15.9 Å². The zero-order valence-corrected chi connectivity index (χ0v) is 20.3. The van der Waals surface area contributed by atoms with Crippen molar-refractivity contribution in [3.05, 3.63) is 61.2 Å². The normalized spacial score (nSPS) is 11.2. The second-order valence-electron chi connectivity index (χ2n) is 7.05. The van der Waals surface area contributed by atoms with Gasteiger partial charge in [0.05, 0.1) is 6.54 Å². The molecule has 0 aliphatic carbocycles. The van der Waals surface area contributed by atoms with E-state index >= 15 is 0 Å². The van der Waals surface area contributed by atoms with Crippen molar-refractivity contribution in [1.82, 2.24) is 23.7 Å². The molecule has 32 heavy (non-hydrogen) atoms. The molecule has 0 aliphatic heterocycles. The van der Waals surface area contributed by atoms with E-state index in [-0.39, 0.29) is 43.3 Å². The average Bonchev–Trinajstić information content (AvgIpc) is 3.36. The van der Waals surface area contributed by atoms with Gasteiger partial charge in [-0.3, -0.25) is 18.5 Å². The minimum Gasteiger partial charge on any atom is -0.428 e. The van der Waals surface area contributed by atoms with Gasteiger partial charge in [0.25, 0.3) is 5.56 Å². The monoisotopic (exact) mass is 569 g/mol. The van der Waals surface area contributed by atoms with Crippen molar-refractivity contribution in [2.75, 3.05) is 6.61 Å². The minimum atomic E-state index is -0.502. The predicted octanol–water partition coefficient (Wildman–Crippen LogP) is 2.61. The quantitative estimate of drug-likeness (QED) is 0.325. The zero-order valence-electron chi connectivity index (χ0n) is 17.3. The smallest absolute Gasteiger partial charge is 0.332 e. The van der Waals surface area contributed by atoms with Crippen LogP contribution in [0.25, 0.3) is 11.2 Å². The van der Waals surface area contributed by atoms with Gasteiger partial charge < -0.3 is 12.9 Å². The molecule has 0 fully saturated rings. The molecular formula is C20H20IN5O5S. The van der Waals surface area contributed by atoms with Crippen molar-refractivity contribution in [2.45, 2.75) is 26.4 Å². The summed E-state index contributed by atoms with van der Waals surface area (Å²) < 4.78 is 15.3. The Bertz CT molecular complexity index is 1390. The molecule has 4 aromatic rings. The van der Waals surface area contributed by atoms with Crippen LogP contribution in [0.4, 0.5) is 0 Å². The fourth-order valence-corrected chi connectivity index (χ4v) is 4.35. The molecule has 3 aromatic heterocycles. The fraction of sp³-hybridized carbons (Fsp3) is 0.300. The number of aromatic nitrogens is 5. The summed E-state index contributed by atoms with van der Waals surface area (Å²) in [5, 5.41) is 9.94. The van der Waals surface area contributed by atoms with Crippen molar-refractivity contribution < 1.29 is 12.9 Å². The van der Waals surface area contributed by atoms with Gasteiger partial charge in [-0.1, -0.05) is 6.07 Å². The number of aliphatic hydroxyl groups is 1. The van der Waals surface area contributed by atoms with Crippen LogP contribution in [-0.2, 0) is 20.1 Å². The van der Waals surface area contributed by atoms with Crippen LogP contribution < -0.4 is 19.1 Å². The van der Waals surface area contributed by atoms with Crippen molar-refractivity contribution in [2.24, 2.45) is 7.05 Å². The molecule has 0 spiro atoms. The topological polar surface area (TPSA) is 113 Å². The number of thiazole rings is 1. The Hall–Kier alpha value is -2.71. The van der Waals surface area contributed by atoms with Gasteiger partial charge in [-0.2, -0.15) is 4.98 Å². The second kappa shape index (κ2) is 9.42. The molecule has 1 aromatic carbocycles. The fourth-order valence-electron chi connectivity index (χ4n) is 3.30. The van der Waals surface area contributed by atoms with E-state index < -0.39 is 11.2 Å². The summed E-state index contributed by atoms with van der Waals surface area (Å²) in [6.07, 6.45) is 2.04. The summed E-state index contributed by atoms with van der Waals surface area (Å²) >= 11 is 3.28. The van der Waals surface area contributed by atoms with E-state index in [9.17, 15) is 14.7 Å². The summed E-state index contributed by atoms with van der Waals surface area (Å²) in [5.41, 5.74) is -0.548. The SMILES string of the molecule is Cc1cnc(Cn2c(Oc3cccc(OI)c3)nc3c2c(=O)n(CCCO)c(=O)n3C)s1. The molecule has 3 heterocycles. The highest BCUT2D eigenvalue weighted by Crippen LogP contribution is 2.28. The zero-order chi connectivity index (χ0) is 22.8. The molecule has 0 amide bonds. The molecule has 4 rings (SSSR count). The number of ether oxygens (including phenoxy) is 1. The Morgan fingerprint density at radius 1 is 1.22 bits per heavy atom. The Balaban J connectivity index is 1.92. The van der Waals surface area contributed by atoms with Gasteiger partial charge in [-0.15, -0.1) is 11.3 Å². The van der Waals surface area contributed by atoms with Crippen LogP contribution in [0.5, 0.6) is 17.5 Å². The minimum absolute atomic E-state index is 0.102. The van der Waals surface area contributed by atoms with E-state index in [0.29, 0.717) is 11.5 Å². The lowest BCUT2D eigenvalue weighted by Gasteiger charge is -2.10. The number of hydrogen-bond donors (Lipinski definition) is 1. The molecule has 0 aliphatic rings. The first-order valence-corrected chi connectivity index (χ1v) is 11.4. The van der Waals surface area contributed by atoms with Crippen molar-refractivity contribution in [3.8, 4) is 17.5 Å². The molecule has 0 unspecified atom stereocenters. The number of imidazole rings is 1. The largest absolute Gasteiger partial charge is 0.428 e. The van der Waals surface area contributed by atoms with E-state index in [1.807, 2.05) is 6.92 Å². The molecule has 10 nitrogen and oxygen atoms in total. The first-order chi connectivity index (χ1) is 15.4. The predicted molar refractivity (Wildman–Crippen MR) is 128 cm³/mol. The van der Waals surface area contributed by atoms with Crippen LogP contribution in [-0.4, -0.2) is 35.4 Å². The maximum Gasteiger partial charge on any atom is 0.332 e. The van der Waals surface area contributed by atoms with Gasteiger partial charge in [0.15, 0.2) is 34.2 Å². The number of fused-ring (bicyclic) bond motifs is 1. The Morgan fingerprint density at radius 2 is 2.00 bits per heavy atom. The summed E-state index contributed by atoms with van der Waals surface area (Å²) in [4.78, 5) is 36.0. The molecular weight excluding hydrogens is 549 g/mol. The highest BCUT2D eigenvalue weighted by Gasteiger charge is 2.22. The number of aliphatic hydroxyl groups excluding tert-OH is 1. The number of halogens is 1. The van der Waals surface area contributed by atoms with Gasteiger partial charge >= 0.3 is 11.7 Å².